The Morgan fingerprint density at radius 2 is 1.79 bits per heavy atom. The van der Waals surface area contributed by atoms with Crippen molar-refractivity contribution in [2.24, 2.45) is 5.10 Å². The van der Waals surface area contributed by atoms with Crippen molar-refractivity contribution in [1.82, 2.24) is 5.01 Å². The molecule has 0 N–H and O–H groups in total. The van der Waals surface area contributed by atoms with Crippen LogP contribution in [0.25, 0.3) is 0 Å². The molecule has 3 aromatic carbocycles. The van der Waals surface area contributed by atoms with Crippen LogP contribution >= 0.6 is 27.5 Å². The first-order chi connectivity index (χ1) is 13.6. The second-order valence-corrected chi connectivity index (χ2v) is 8.21. The van der Waals surface area contributed by atoms with Crippen LogP contribution in [0.3, 0.4) is 0 Å². The van der Waals surface area contributed by atoms with Gasteiger partial charge in [-0.15, -0.1) is 0 Å². The van der Waals surface area contributed by atoms with Gasteiger partial charge in [0.05, 0.1) is 11.8 Å². The Morgan fingerprint density at radius 3 is 2.54 bits per heavy atom. The lowest BCUT2D eigenvalue weighted by Gasteiger charge is -2.38. The molecule has 3 nitrogen and oxygen atoms in total. The van der Waals surface area contributed by atoms with E-state index in [2.05, 4.69) is 22.0 Å². The zero-order valence-electron chi connectivity index (χ0n) is 14.6. The van der Waals surface area contributed by atoms with E-state index < -0.39 is 0 Å². The monoisotopic (exact) mass is 456 g/mol. The van der Waals surface area contributed by atoms with Crippen molar-refractivity contribution in [2.45, 2.75) is 18.7 Å². The maximum atomic E-state index is 13.3. The number of hydrazone groups is 1. The molecule has 0 radical (unpaired) electrons. The Bertz CT molecular complexity index is 1070. The van der Waals surface area contributed by atoms with Crippen LogP contribution < -0.4 is 4.74 Å². The lowest BCUT2D eigenvalue weighted by molar-refractivity contribution is -0.0190. The van der Waals surface area contributed by atoms with Crippen LogP contribution in [0.5, 0.6) is 5.75 Å². The average molecular weight is 458 g/mol. The predicted octanol–water partition coefficient (Wildman–Crippen LogP) is 6.48. The summed E-state index contributed by atoms with van der Waals surface area (Å²) in [5.41, 5.74) is 3.90. The summed E-state index contributed by atoms with van der Waals surface area (Å²) in [5.74, 6) is 0.594. The van der Waals surface area contributed by atoms with Crippen molar-refractivity contribution in [3.63, 3.8) is 0 Å². The van der Waals surface area contributed by atoms with Crippen molar-refractivity contribution in [3.8, 4) is 5.75 Å². The fourth-order valence-electron chi connectivity index (χ4n) is 3.72. The third kappa shape index (κ3) is 3.09. The van der Waals surface area contributed by atoms with Gasteiger partial charge in [0.2, 0.25) is 6.23 Å². The Morgan fingerprint density at radius 1 is 1.04 bits per heavy atom. The van der Waals surface area contributed by atoms with Gasteiger partial charge in [0.15, 0.2) is 0 Å². The number of ether oxygens (including phenoxy) is 1. The molecule has 140 valence electrons. The van der Waals surface area contributed by atoms with Gasteiger partial charge in [-0.1, -0.05) is 51.8 Å². The van der Waals surface area contributed by atoms with Crippen molar-refractivity contribution in [3.05, 3.63) is 98.7 Å². The third-order valence-electron chi connectivity index (χ3n) is 5.08. The average Bonchev–Trinajstić information content (AvgIpc) is 3.14. The number of nitrogens with zero attached hydrogens (tertiary/aromatic N) is 2. The van der Waals surface area contributed by atoms with Crippen LogP contribution in [0.2, 0.25) is 5.02 Å². The first kappa shape index (κ1) is 17.7. The number of hydrogen-bond donors (Lipinski definition) is 0. The normalized spacial score (nSPS) is 20.2. The van der Waals surface area contributed by atoms with Crippen molar-refractivity contribution < 1.29 is 9.13 Å². The first-order valence-corrected chi connectivity index (χ1v) is 10.1. The van der Waals surface area contributed by atoms with Crippen LogP contribution in [0, 0.1) is 5.82 Å². The lowest BCUT2D eigenvalue weighted by atomic mass is 9.96. The summed E-state index contributed by atoms with van der Waals surface area (Å²) in [4.78, 5) is 0. The molecule has 0 aromatic heterocycles. The maximum Gasteiger partial charge on any atom is 0.213 e. The summed E-state index contributed by atoms with van der Waals surface area (Å²) in [6.45, 7) is 0. The Kier molecular flexibility index (Phi) is 4.37. The topological polar surface area (TPSA) is 24.8 Å². The van der Waals surface area contributed by atoms with Gasteiger partial charge in [-0.2, -0.15) is 5.10 Å². The molecule has 2 heterocycles. The van der Waals surface area contributed by atoms with Crippen LogP contribution in [-0.4, -0.2) is 10.7 Å². The minimum Gasteiger partial charge on any atom is -0.464 e. The van der Waals surface area contributed by atoms with Gasteiger partial charge in [-0.05, 0) is 48.0 Å². The minimum atomic E-state index is -0.353. The summed E-state index contributed by atoms with van der Waals surface area (Å²) in [6.07, 6.45) is 0.372. The molecule has 0 fully saturated rings. The first-order valence-electron chi connectivity index (χ1n) is 8.92. The molecule has 6 heteroatoms. The number of rotatable bonds is 2. The van der Waals surface area contributed by atoms with Gasteiger partial charge in [0, 0.05) is 27.0 Å². The van der Waals surface area contributed by atoms with E-state index in [1.807, 2.05) is 41.4 Å². The van der Waals surface area contributed by atoms with E-state index in [9.17, 15) is 4.39 Å². The van der Waals surface area contributed by atoms with Gasteiger partial charge in [-0.25, -0.2) is 9.40 Å². The zero-order chi connectivity index (χ0) is 19.3. The fraction of sp³-hybridized carbons (Fsp3) is 0.136. The summed E-state index contributed by atoms with van der Waals surface area (Å²) < 4.78 is 20.7. The number of hydrogen-bond acceptors (Lipinski definition) is 3. The molecule has 0 saturated carbocycles. The van der Waals surface area contributed by atoms with E-state index in [4.69, 9.17) is 21.4 Å². The second kappa shape index (κ2) is 6.90. The molecule has 5 rings (SSSR count). The molecule has 0 spiro atoms. The molecule has 0 bridgehead atoms. The Labute approximate surface area is 175 Å². The van der Waals surface area contributed by atoms with E-state index in [0.29, 0.717) is 5.02 Å². The van der Waals surface area contributed by atoms with E-state index in [1.165, 1.54) is 12.1 Å². The summed E-state index contributed by atoms with van der Waals surface area (Å²) in [7, 11) is 0. The van der Waals surface area contributed by atoms with Gasteiger partial charge in [-0.3, -0.25) is 0 Å². The molecule has 3 aromatic rings. The third-order valence-corrected chi connectivity index (χ3v) is 5.83. The van der Waals surface area contributed by atoms with Crippen molar-refractivity contribution in [1.29, 1.82) is 0 Å². The number of fused-ring (bicyclic) bond motifs is 3. The predicted molar refractivity (Wildman–Crippen MR) is 111 cm³/mol. The van der Waals surface area contributed by atoms with E-state index in [1.54, 1.807) is 12.1 Å². The molecule has 2 atom stereocenters. The minimum absolute atomic E-state index is 0.0435. The second-order valence-electron chi connectivity index (χ2n) is 6.86. The highest BCUT2D eigenvalue weighted by molar-refractivity contribution is 9.10. The molecule has 0 amide bonds. The summed E-state index contributed by atoms with van der Waals surface area (Å²) in [6, 6.07) is 20.2. The smallest absolute Gasteiger partial charge is 0.213 e. The fourth-order valence-corrected chi connectivity index (χ4v) is 4.23. The van der Waals surface area contributed by atoms with Crippen LogP contribution in [-0.2, 0) is 0 Å². The molecule has 28 heavy (non-hydrogen) atoms. The highest BCUT2D eigenvalue weighted by Crippen LogP contribution is 2.48. The lowest BCUT2D eigenvalue weighted by Crippen LogP contribution is -2.33. The molecule has 0 aliphatic carbocycles. The highest BCUT2D eigenvalue weighted by atomic mass is 79.9. The van der Waals surface area contributed by atoms with E-state index in [0.717, 1.165) is 39.0 Å². The number of benzene rings is 3. The van der Waals surface area contributed by atoms with Crippen LogP contribution in [0.1, 0.15) is 35.4 Å². The highest BCUT2D eigenvalue weighted by Gasteiger charge is 2.41. The standard InChI is InChI=1S/C22H15BrClFN2O/c23-15-5-10-21-18(11-15)20-12-19(13-3-8-17(25)9-4-13)26-27(20)22(28-21)14-1-6-16(24)7-2-14/h1-11,20,22H,12H2. The zero-order valence-corrected chi connectivity index (χ0v) is 17.0. The van der Waals surface area contributed by atoms with E-state index in [-0.39, 0.29) is 18.1 Å². The SMILES string of the molecule is Fc1ccc(C2=NN3C(C2)c2cc(Br)ccc2OC3c2ccc(Cl)cc2)cc1. The van der Waals surface area contributed by atoms with Crippen molar-refractivity contribution in [2.75, 3.05) is 0 Å². The quantitative estimate of drug-likeness (QED) is 0.440. The molecular weight excluding hydrogens is 443 g/mol. The molecule has 2 aliphatic heterocycles. The Hall–Kier alpha value is -2.37. The van der Waals surface area contributed by atoms with E-state index >= 15 is 0 Å². The molecule has 2 aliphatic rings. The summed E-state index contributed by atoms with van der Waals surface area (Å²) >= 11 is 9.61. The van der Waals surface area contributed by atoms with Crippen molar-refractivity contribution >= 4 is 33.2 Å². The van der Waals surface area contributed by atoms with Gasteiger partial charge < -0.3 is 4.74 Å². The van der Waals surface area contributed by atoms with Crippen LogP contribution in [0.15, 0.2) is 76.3 Å². The van der Waals surface area contributed by atoms with Gasteiger partial charge in [0.1, 0.15) is 11.6 Å². The largest absolute Gasteiger partial charge is 0.464 e. The van der Waals surface area contributed by atoms with Crippen LogP contribution in [0.4, 0.5) is 4.39 Å². The Balaban J connectivity index is 1.59. The number of halogens is 3. The molecule has 0 saturated heterocycles. The molecule has 2 unspecified atom stereocenters. The van der Waals surface area contributed by atoms with Gasteiger partial charge in [0.25, 0.3) is 0 Å². The maximum absolute atomic E-state index is 13.3. The van der Waals surface area contributed by atoms with Gasteiger partial charge >= 0.3 is 0 Å². The summed E-state index contributed by atoms with van der Waals surface area (Å²) in [5, 5.41) is 7.55. The molecular formula is C22H15BrClFN2O.